The molecule has 6 nitrogen and oxygen atoms in total. The molecule has 6 heteroatoms. The highest BCUT2D eigenvalue weighted by atomic mass is 16.2. The SMILES string of the molecule is CCCN(CCC)CCCNC(=O)CN1NC(c2ccccc2)=CCC1=O. The highest BCUT2D eigenvalue weighted by molar-refractivity contribution is 5.88. The third-order valence-corrected chi connectivity index (χ3v) is 4.48. The molecule has 0 saturated heterocycles. The molecule has 0 aliphatic carbocycles. The predicted octanol–water partition coefficient (Wildman–Crippen LogP) is 2.39. The topological polar surface area (TPSA) is 64.7 Å². The molecule has 0 saturated carbocycles. The molecule has 2 rings (SSSR count). The zero-order chi connectivity index (χ0) is 19.5. The first-order valence-electron chi connectivity index (χ1n) is 9.95. The van der Waals surface area contributed by atoms with Crippen LogP contribution in [0.25, 0.3) is 5.70 Å². The fraction of sp³-hybridized carbons (Fsp3) is 0.524. The van der Waals surface area contributed by atoms with Gasteiger partial charge in [0, 0.05) is 13.0 Å². The second kappa shape index (κ2) is 11.4. The molecule has 1 aromatic rings. The van der Waals surface area contributed by atoms with Gasteiger partial charge in [0.2, 0.25) is 11.8 Å². The first kappa shape index (κ1) is 21.0. The molecule has 1 heterocycles. The van der Waals surface area contributed by atoms with Crippen LogP contribution in [0.15, 0.2) is 36.4 Å². The summed E-state index contributed by atoms with van der Waals surface area (Å²) in [5.41, 5.74) is 4.93. The number of benzene rings is 1. The number of hydrogen-bond donors (Lipinski definition) is 2. The minimum absolute atomic E-state index is 0.0244. The van der Waals surface area contributed by atoms with Crippen molar-refractivity contribution in [2.75, 3.05) is 32.7 Å². The van der Waals surface area contributed by atoms with Crippen molar-refractivity contribution < 1.29 is 9.59 Å². The van der Waals surface area contributed by atoms with Crippen LogP contribution in [0.1, 0.15) is 45.1 Å². The first-order chi connectivity index (χ1) is 13.1. The lowest BCUT2D eigenvalue weighted by molar-refractivity contribution is -0.137. The average molecular weight is 373 g/mol. The van der Waals surface area contributed by atoms with Gasteiger partial charge in [-0.2, -0.15) is 0 Å². The molecule has 0 fully saturated rings. The molecule has 0 atom stereocenters. The lowest BCUT2D eigenvalue weighted by atomic mass is 10.1. The molecule has 0 spiro atoms. The zero-order valence-corrected chi connectivity index (χ0v) is 16.5. The standard InChI is InChI=1S/C21H32N4O2/c1-3-14-24(15-4-2)16-8-13-22-20(26)17-25-21(27)12-11-19(23-25)18-9-6-5-7-10-18/h5-7,9-11,23H,3-4,8,12-17H2,1-2H3,(H,22,26). The van der Waals surface area contributed by atoms with E-state index >= 15 is 0 Å². The first-order valence-corrected chi connectivity index (χ1v) is 9.95. The van der Waals surface area contributed by atoms with Gasteiger partial charge in [0.05, 0.1) is 5.70 Å². The van der Waals surface area contributed by atoms with Gasteiger partial charge in [0.25, 0.3) is 0 Å². The molecule has 0 radical (unpaired) electrons. The number of nitrogens with one attached hydrogen (secondary N) is 2. The lowest BCUT2D eigenvalue weighted by Crippen LogP contribution is -2.49. The van der Waals surface area contributed by atoms with E-state index in [1.165, 1.54) is 5.01 Å². The van der Waals surface area contributed by atoms with E-state index < -0.39 is 0 Å². The maximum absolute atomic E-state index is 12.2. The van der Waals surface area contributed by atoms with E-state index in [1.54, 1.807) is 0 Å². The third kappa shape index (κ3) is 7.06. The number of nitrogens with zero attached hydrogens (tertiary/aromatic N) is 2. The van der Waals surface area contributed by atoms with E-state index in [1.807, 2.05) is 36.4 Å². The maximum Gasteiger partial charge on any atom is 0.245 e. The van der Waals surface area contributed by atoms with Crippen LogP contribution in [-0.2, 0) is 9.59 Å². The summed E-state index contributed by atoms with van der Waals surface area (Å²) in [6, 6.07) is 9.80. The van der Waals surface area contributed by atoms with Crippen molar-refractivity contribution in [1.29, 1.82) is 0 Å². The predicted molar refractivity (Wildman–Crippen MR) is 109 cm³/mol. The van der Waals surface area contributed by atoms with Crippen molar-refractivity contribution in [2.24, 2.45) is 0 Å². The van der Waals surface area contributed by atoms with Gasteiger partial charge in [0.15, 0.2) is 0 Å². The summed E-state index contributed by atoms with van der Waals surface area (Å²) in [4.78, 5) is 26.7. The van der Waals surface area contributed by atoms with Gasteiger partial charge in [0.1, 0.15) is 6.54 Å². The van der Waals surface area contributed by atoms with Gasteiger partial charge in [-0.3, -0.25) is 15.0 Å². The fourth-order valence-electron chi connectivity index (χ4n) is 3.18. The average Bonchev–Trinajstić information content (AvgIpc) is 2.68. The summed E-state index contributed by atoms with van der Waals surface area (Å²) in [7, 11) is 0. The number of hydrogen-bond acceptors (Lipinski definition) is 4. The molecule has 0 bridgehead atoms. The van der Waals surface area contributed by atoms with Gasteiger partial charge in [-0.15, -0.1) is 0 Å². The van der Waals surface area contributed by atoms with Gasteiger partial charge < -0.3 is 10.2 Å². The summed E-state index contributed by atoms with van der Waals surface area (Å²) >= 11 is 0. The number of carbonyl (C=O) groups is 2. The Bertz CT molecular complexity index is 624. The third-order valence-electron chi connectivity index (χ3n) is 4.48. The Morgan fingerprint density at radius 3 is 2.52 bits per heavy atom. The summed E-state index contributed by atoms with van der Waals surface area (Å²) in [5.74, 6) is -0.232. The summed E-state index contributed by atoms with van der Waals surface area (Å²) in [5, 5.41) is 4.33. The van der Waals surface area contributed by atoms with Crippen molar-refractivity contribution in [3.8, 4) is 0 Å². The van der Waals surface area contributed by atoms with Crippen molar-refractivity contribution in [3.05, 3.63) is 42.0 Å². The Labute approximate surface area is 162 Å². The van der Waals surface area contributed by atoms with E-state index in [0.717, 1.165) is 50.2 Å². The Morgan fingerprint density at radius 1 is 1.15 bits per heavy atom. The van der Waals surface area contributed by atoms with Gasteiger partial charge in [-0.05, 0) is 50.5 Å². The van der Waals surface area contributed by atoms with Crippen molar-refractivity contribution in [1.82, 2.24) is 20.7 Å². The van der Waals surface area contributed by atoms with Crippen LogP contribution >= 0.6 is 0 Å². The molecule has 1 aliphatic heterocycles. The van der Waals surface area contributed by atoms with Crippen LogP contribution in [0.2, 0.25) is 0 Å². The molecule has 2 N–H and O–H groups in total. The molecule has 1 aliphatic rings. The minimum atomic E-state index is -0.136. The quantitative estimate of drug-likeness (QED) is 0.586. The molecule has 0 aromatic heterocycles. The zero-order valence-electron chi connectivity index (χ0n) is 16.5. The molecule has 148 valence electrons. The smallest absolute Gasteiger partial charge is 0.245 e. The van der Waals surface area contributed by atoms with Gasteiger partial charge in [-0.25, -0.2) is 5.01 Å². The largest absolute Gasteiger partial charge is 0.354 e. The molecular formula is C21H32N4O2. The molecule has 27 heavy (non-hydrogen) atoms. The van der Waals surface area contributed by atoms with Crippen LogP contribution in [0, 0.1) is 0 Å². The van der Waals surface area contributed by atoms with Crippen molar-refractivity contribution in [2.45, 2.75) is 39.5 Å². The highest BCUT2D eigenvalue weighted by Crippen LogP contribution is 2.16. The second-order valence-electron chi connectivity index (χ2n) is 6.82. The van der Waals surface area contributed by atoms with Crippen LogP contribution in [0.3, 0.4) is 0 Å². The van der Waals surface area contributed by atoms with E-state index in [0.29, 0.717) is 13.0 Å². The van der Waals surface area contributed by atoms with E-state index in [4.69, 9.17) is 0 Å². The normalized spacial score (nSPS) is 14.1. The Kier molecular flexibility index (Phi) is 8.84. The molecule has 0 unspecified atom stereocenters. The number of rotatable bonds is 11. The highest BCUT2D eigenvalue weighted by Gasteiger charge is 2.21. The van der Waals surface area contributed by atoms with E-state index in [2.05, 4.69) is 29.5 Å². The minimum Gasteiger partial charge on any atom is -0.354 e. The number of carbonyl (C=O) groups excluding carboxylic acids is 2. The van der Waals surface area contributed by atoms with Crippen LogP contribution in [-0.4, -0.2) is 54.4 Å². The maximum atomic E-state index is 12.2. The van der Waals surface area contributed by atoms with Crippen molar-refractivity contribution in [3.63, 3.8) is 0 Å². The van der Waals surface area contributed by atoms with E-state index in [9.17, 15) is 9.59 Å². The summed E-state index contributed by atoms with van der Waals surface area (Å²) < 4.78 is 0. The molecule has 1 aromatic carbocycles. The molecule has 2 amide bonds. The van der Waals surface area contributed by atoms with Crippen LogP contribution in [0.4, 0.5) is 0 Å². The fourth-order valence-corrected chi connectivity index (χ4v) is 3.18. The molecular weight excluding hydrogens is 340 g/mol. The Balaban J connectivity index is 1.75. The van der Waals surface area contributed by atoms with Crippen molar-refractivity contribution >= 4 is 17.5 Å². The van der Waals surface area contributed by atoms with Crippen LogP contribution < -0.4 is 10.7 Å². The van der Waals surface area contributed by atoms with Gasteiger partial charge >= 0.3 is 0 Å². The summed E-state index contributed by atoms with van der Waals surface area (Å²) in [6.45, 7) is 8.22. The second-order valence-corrected chi connectivity index (χ2v) is 6.82. The number of hydrazine groups is 1. The Hall–Kier alpha value is -2.34. The van der Waals surface area contributed by atoms with E-state index in [-0.39, 0.29) is 18.4 Å². The summed E-state index contributed by atoms with van der Waals surface area (Å²) in [6.07, 6.45) is 5.37. The number of amides is 2. The van der Waals surface area contributed by atoms with Gasteiger partial charge in [-0.1, -0.05) is 44.2 Å². The Morgan fingerprint density at radius 2 is 1.85 bits per heavy atom. The monoisotopic (exact) mass is 372 g/mol. The lowest BCUT2D eigenvalue weighted by Gasteiger charge is -2.29. The van der Waals surface area contributed by atoms with Crippen LogP contribution in [0.5, 0.6) is 0 Å².